The third kappa shape index (κ3) is 4.89. The van der Waals surface area contributed by atoms with Gasteiger partial charge in [0.1, 0.15) is 0 Å². The molecule has 1 amide bonds. The highest BCUT2D eigenvalue weighted by atomic mass is 16.5. The minimum absolute atomic E-state index is 0.176. The fourth-order valence-corrected chi connectivity index (χ4v) is 0.411. The van der Waals surface area contributed by atoms with Gasteiger partial charge in [-0.3, -0.25) is 10.0 Å². The second-order valence-corrected chi connectivity index (χ2v) is 1.59. The van der Waals surface area contributed by atoms with Crippen molar-refractivity contribution in [3.05, 3.63) is 10.4 Å². The van der Waals surface area contributed by atoms with Gasteiger partial charge in [0, 0.05) is 17.9 Å². The maximum absolute atomic E-state index is 10.3. The van der Waals surface area contributed by atoms with E-state index in [1.807, 2.05) is 0 Å². The molecule has 0 aromatic heterocycles. The van der Waals surface area contributed by atoms with Gasteiger partial charge in [0.25, 0.3) is 0 Å². The minimum Gasteiger partial charge on any atom is -0.289 e. The largest absolute Gasteiger partial charge is 0.289 e. The predicted molar refractivity (Wildman–Crippen MR) is 33.2 cm³/mol. The Morgan fingerprint density at radius 3 is 3.00 bits per heavy atom. The van der Waals surface area contributed by atoms with Gasteiger partial charge in [0.2, 0.25) is 5.91 Å². The normalized spacial score (nSPS) is 8.10. The van der Waals surface area contributed by atoms with Gasteiger partial charge in [0.05, 0.1) is 0 Å². The summed E-state index contributed by atoms with van der Waals surface area (Å²) in [4.78, 5) is 12.8. The number of hydroxylamine groups is 1. The van der Waals surface area contributed by atoms with Gasteiger partial charge in [-0.1, -0.05) is 5.11 Å². The molecule has 0 spiro atoms. The van der Waals surface area contributed by atoms with Gasteiger partial charge in [-0.05, 0) is 12.0 Å². The lowest BCUT2D eigenvalue weighted by molar-refractivity contribution is -0.129. The number of azide groups is 1. The molecule has 0 aliphatic rings. The molecule has 10 heavy (non-hydrogen) atoms. The van der Waals surface area contributed by atoms with Crippen LogP contribution in [-0.2, 0) is 4.79 Å². The van der Waals surface area contributed by atoms with Gasteiger partial charge in [0.15, 0.2) is 0 Å². The summed E-state index contributed by atoms with van der Waals surface area (Å²) in [5, 5.41) is 11.2. The second-order valence-electron chi connectivity index (χ2n) is 1.59. The first-order valence-corrected chi connectivity index (χ1v) is 2.75. The number of hydrogen-bond donors (Lipinski definition) is 2. The molecule has 0 aliphatic heterocycles. The molecule has 6 heteroatoms. The monoisotopic (exact) mass is 144 g/mol. The summed E-state index contributed by atoms with van der Waals surface area (Å²) in [6.07, 6.45) is 0.631. The van der Waals surface area contributed by atoms with Crippen molar-refractivity contribution in [1.82, 2.24) is 5.48 Å². The molecular formula is C4H8N4O2. The third-order valence-electron chi connectivity index (χ3n) is 0.850. The molecule has 0 atom stereocenters. The third-order valence-corrected chi connectivity index (χ3v) is 0.850. The molecule has 56 valence electrons. The Kier molecular flexibility index (Phi) is 5.13. The standard InChI is InChI=1S/C4H8N4O2/c5-8-6-3-1-2-4(9)7-10/h10H,1-3H2,(H,7,9). The van der Waals surface area contributed by atoms with Crippen LogP contribution >= 0.6 is 0 Å². The number of nitrogens with zero attached hydrogens (tertiary/aromatic N) is 3. The predicted octanol–water partition coefficient (Wildman–Crippen LogP) is 0.582. The molecule has 0 heterocycles. The van der Waals surface area contributed by atoms with E-state index in [-0.39, 0.29) is 13.0 Å². The van der Waals surface area contributed by atoms with Crippen LogP contribution in [0.2, 0.25) is 0 Å². The molecule has 0 saturated heterocycles. The van der Waals surface area contributed by atoms with E-state index in [1.54, 1.807) is 0 Å². The molecule has 0 aromatic rings. The Bertz CT molecular complexity index is 151. The summed E-state index contributed by atoms with van der Waals surface area (Å²) in [5.41, 5.74) is 9.27. The van der Waals surface area contributed by atoms with Gasteiger partial charge in [-0.2, -0.15) is 0 Å². The molecule has 0 rings (SSSR count). The SMILES string of the molecule is [N-]=[N+]=NCCCC(=O)NO. The molecule has 0 unspecified atom stereocenters. The number of hydrogen-bond acceptors (Lipinski definition) is 3. The van der Waals surface area contributed by atoms with Crippen molar-refractivity contribution in [2.75, 3.05) is 6.54 Å². The Balaban J connectivity index is 3.19. The van der Waals surface area contributed by atoms with Gasteiger partial charge < -0.3 is 0 Å². The average Bonchev–Trinajstić information content (AvgIpc) is 1.98. The first-order chi connectivity index (χ1) is 4.81. The van der Waals surface area contributed by atoms with Crippen molar-refractivity contribution in [2.45, 2.75) is 12.8 Å². The van der Waals surface area contributed by atoms with E-state index in [2.05, 4.69) is 10.0 Å². The van der Waals surface area contributed by atoms with Crippen LogP contribution in [0.3, 0.4) is 0 Å². The fourth-order valence-electron chi connectivity index (χ4n) is 0.411. The molecule has 0 bridgehead atoms. The van der Waals surface area contributed by atoms with Gasteiger partial charge in [-0.25, -0.2) is 5.48 Å². The van der Waals surface area contributed by atoms with Gasteiger partial charge in [-0.15, -0.1) is 0 Å². The first-order valence-electron chi connectivity index (χ1n) is 2.75. The highest BCUT2D eigenvalue weighted by Crippen LogP contribution is 1.88. The maximum Gasteiger partial charge on any atom is 0.243 e. The van der Waals surface area contributed by atoms with Crippen molar-refractivity contribution in [1.29, 1.82) is 0 Å². The van der Waals surface area contributed by atoms with E-state index in [4.69, 9.17) is 10.7 Å². The topological polar surface area (TPSA) is 98.1 Å². The molecule has 6 nitrogen and oxygen atoms in total. The quantitative estimate of drug-likeness (QED) is 0.151. The number of nitrogens with one attached hydrogen (secondary N) is 1. The van der Waals surface area contributed by atoms with Crippen molar-refractivity contribution in [3.63, 3.8) is 0 Å². The van der Waals surface area contributed by atoms with Crippen LogP contribution in [0.1, 0.15) is 12.8 Å². The van der Waals surface area contributed by atoms with Crippen molar-refractivity contribution >= 4 is 5.91 Å². The number of rotatable bonds is 4. The summed E-state index contributed by atoms with van der Waals surface area (Å²) in [6, 6.07) is 0. The Morgan fingerprint density at radius 2 is 2.50 bits per heavy atom. The van der Waals surface area contributed by atoms with Crippen LogP contribution in [0.4, 0.5) is 0 Å². The van der Waals surface area contributed by atoms with Gasteiger partial charge >= 0.3 is 0 Å². The molecule has 0 radical (unpaired) electrons. The molecule has 2 N–H and O–H groups in total. The van der Waals surface area contributed by atoms with Crippen LogP contribution in [0.5, 0.6) is 0 Å². The molecule has 0 saturated carbocycles. The van der Waals surface area contributed by atoms with Crippen LogP contribution in [0.25, 0.3) is 10.4 Å². The van der Waals surface area contributed by atoms with Crippen LogP contribution in [0, 0.1) is 0 Å². The highest BCUT2D eigenvalue weighted by molar-refractivity contribution is 5.74. The number of carbonyl (C=O) groups is 1. The molecule has 0 fully saturated rings. The summed E-state index contributed by atoms with van der Waals surface area (Å²) in [5.74, 6) is -0.465. The lowest BCUT2D eigenvalue weighted by Crippen LogP contribution is -2.18. The number of carbonyl (C=O) groups excluding carboxylic acids is 1. The Labute approximate surface area is 57.4 Å². The fraction of sp³-hybridized carbons (Fsp3) is 0.750. The minimum atomic E-state index is -0.465. The molecular weight excluding hydrogens is 136 g/mol. The Morgan fingerprint density at radius 1 is 1.80 bits per heavy atom. The van der Waals surface area contributed by atoms with Crippen molar-refractivity contribution < 1.29 is 10.0 Å². The summed E-state index contributed by atoms with van der Waals surface area (Å²) < 4.78 is 0. The zero-order valence-corrected chi connectivity index (χ0v) is 5.32. The summed E-state index contributed by atoms with van der Waals surface area (Å²) in [6.45, 7) is 0.282. The van der Waals surface area contributed by atoms with Crippen molar-refractivity contribution in [3.8, 4) is 0 Å². The zero-order chi connectivity index (χ0) is 7.82. The maximum atomic E-state index is 10.3. The smallest absolute Gasteiger partial charge is 0.243 e. The van der Waals surface area contributed by atoms with Crippen LogP contribution in [-0.4, -0.2) is 17.7 Å². The summed E-state index contributed by atoms with van der Waals surface area (Å²) in [7, 11) is 0. The Hall–Kier alpha value is -1.26. The number of amides is 1. The first kappa shape index (κ1) is 8.74. The summed E-state index contributed by atoms with van der Waals surface area (Å²) >= 11 is 0. The van der Waals surface area contributed by atoms with E-state index >= 15 is 0 Å². The lowest BCUT2D eigenvalue weighted by atomic mass is 10.3. The van der Waals surface area contributed by atoms with Crippen molar-refractivity contribution in [2.24, 2.45) is 5.11 Å². The molecule has 0 aromatic carbocycles. The van der Waals surface area contributed by atoms with E-state index in [1.165, 1.54) is 5.48 Å². The van der Waals surface area contributed by atoms with Crippen LogP contribution in [0.15, 0.2) is 5.11 Å². The molecule has 0 aliphatic carbocycles. The second kappa shape index (κ2) is 5.87. The lowest BCUT2D eigenvalue weighted by Gasteiger charge is -1.93. The van der Waals surface area contributed by atoms with E-state index < -0.39 is 5.91 Å². The van der Waals surface area contributed by atoms with E-state index in [0.717, 1.165) is 0 Å². The van der Waals surface area contributed by atoms with Crippen LogP contribution < -0.4 is 5.48 Å². The van der Waals surface area contributed by atoms with E-state index in [9.17, 15) is 4.79 Å². The zero-order valence-electron chi connectivity index (χ0n) is 5.32. The average molecular weight is 144 g/mol. The van der Waals surface area contributed by atoms with E-state index in [0.29, 0.717) is 6.42 Å². The highest BCUT2D eigenvalue weighted by Gasteiger charge is 1.95.